The minimum Gasteiger partial charge on any atom is -0.361 e. The highest BCUT2D eigenvalue weighted by atomic mass is 16.2. The van der Waals surface area contributed by atoms with Crippen LogP contribution < -0.4 is 10.6 Å². The van der Waals surface area contributed by atoms with Crippen LogP contribution in [0.2, 0.25) is 0 Å². The molecule has 1 aliphatic heterocycles. The van der Waals surface area contributed by atoms with Crippen LogP contribution in [0, 0.1) is 0 Å². The summed E-state index contributed by atoms with van der Waals surface area (Å²) in [5.74, 6) is -0.674. The Hall–Kier alpha value is -5.15. The number of H-pyrrole nitrogens is 1. The standard InChI is InChI=1S/C37H40N6O3/c1-25(32-23-38-33-14-7-6-13-31(32)33)34(35(44)39-30-12-8-9-26(21-30)24-41(2)3)40-37(46)43-19-17-42(18-20-43)36(45)29-16-15-27-10-4-5-11-28(27)22-29/h4-16,21-23,25,34,38H,17-20,24H2,1-3H3,(H,39,44)(H,40,46)/t25-,34-/m1/s1. The molecular formula is C37H40N6O3. The van der Waals surface area contributed by atoms with Crippen LogP contribution in [0.3, 0.4) is 0 Å². The highest BCUT2D eigenvalue weighted by Crippen LogP contribution is 2.29. The molecule has 9 heteroatoms. The smallest absolute Gasteiger partial charge is 0.318 e. The quantitative estimate of drug-likeness (QED) is 0.209. The number of anilines is 1. The van der Waals surface area contributed by atoms with Crippen molar-refractivity contribution in [3.63, 3.8) is 0 Å². The number of nitrogens with zero attached hydrogens (tertiary/aromatic N) is 3. The molecule has 1 aromatic heterocycles. The van der Waals surface area contributed by atoms with Gasteiger partial charge in [-0.15, -0.1) is 0 Å². The Labute approximate surface area is 269 Å². The normalized spacial score (nSPS) is 14.8. The molecule has 46 heavy (non-hydrogen) atoms. The molecule has 1 aliphatic rings. The maximum absolute atomic E-state index is 13.9. The Kier molecular flexibility index (Phi) is 9.03. The Morgan fingerprint density at radius 3 is 2.33 bits per heavy atom. The summed E-state index contributed by atoms with van der Waals surface area (Å²) < 4.78 is 0. The van der Waals surface area contributed by atoms with Crippen molar-refractivity contribution < 1.29 is 14.4 Å². The Balaban J connectivity index is 1.16. The number of carbonyl (C=O) groups excluding carboxylic acids is 3. The van der Waals surface area contributed by atoms with Crippen molar-refractivity contribution in [3.8, 4) is 0 Å². The molecule has 1 saturated heterocycles. The number of hydrogen-bond acceptors (Lipinski definition) is 4. The molecular weight excluding hydrogens is 576 g/mol. The summed E-state index contributed by atoms with van der Waals surface area (Å²) in [4.78, 5) is 49.8. The number of hydrogen-bond donors (Lipinski definition) is 3. The van der Waals surface area contributed by atoms with E-state index in [-0.39, 0.29) is 23.8 Å². The van der Waals surface area contributed by atoms with Gasteiger partial charge in [0.2, 0.25) is 5.91 Å². The van der Waals surface area contributed by atoms with Gasteiger partial charge in [0.05, 0.1) is 0 Å². The zero-order valence-corrected chi connectivity index (χ0v) is 26.5. The largest absolute Gasteiger partial charge is 0.361 e. The van der Waals surface area contributed by atoms with E-state index >= 15 is 0 Å². The fourth-order valence-corrected chi connectivity index (χ4v) is 6.24. The summed E-state index contributed by atoms with van der Waals surface area (Å²) in [5, 5.41) is 9.22. The molecule has 0 spiro atoms. The number of benzene rings is 4. The molecule has 0 bridgehead atoms. The topological polar surface area (TPSA) is 101 Å². The van der Waals surface area contributed by atoms with Gasteiger partial charge in [-0.25, -0.2) is 4.79 Å². The second-order valence-electron chi connectivity index (χ2n) is 12.3. The lowest BCUT2D eigenvalue weighted by atomic mass is 9.92. The van der Waals surface area contributed by atoms with Gasteiger partial charge in [-0.2, -0.15) is 0 Å². The molecule has 0 aliphatic carbocycles. The first-order chi connectivity index (χ1) is 22.3. The molecule has 1 fully saturated rings. The number of piperazine rings is 1. The lowest BCUT2D eigenvalue weighted by Gasteiger charge is -2.36. The fourth-order valence-electron chi connectivity index (χ4n) is 6.24. The fraction of sp³-hybridized carbons (Fsp3) is 0.270. The first-order valence-corrected chi connectivity index (χ1v) is 15.7. The SMILES string of the molecule is C[C@H](c1c[nH]c2ccccc12)[C@@H](NC(=O)N1CCN(C(=O)c2ccc3ccccc3c2)CC1)C(=O)Nc1cccc(CN(C)C)c1. The molecule has 0 radical (unpaired) electrons. The van der Waals surface area contributed by atoms with Crippen LogP contribution in [-0.4, -0.2) is 83.8 Å². The Morgan fingerprint density at radius 1 is 0.826 bits per heavy atom. The van der Waals surface area contributed by atoms with Crippen molar-refractivity contribution >= 4 is 45.2 Å². The minimum atomic E-state index is -0.846. The summed E-state index contributed by atoms with van der Waals surface area (Å²) in [6, 6.07) is 28.2. The minimum absolute atomic E-state index is 0.0486. The van der Waals surface area contributed by atoms with E-state index in [2.05, 4.69) is 20.5 Å². The number of aromatic amines is 1. The van der Waals surface area contributed by atoms with Gasteiger partial charge in [-0.3, -0.25) is 9.59 Å². The van der Waals surface area contributed by atoms with E-state index in [0.29, 0.717) is 37.4 Å². The van der Waals surface area contributed by atoms with Crippen LogP contribution in [0.1, 0.15) is 34.3 Å². The molecule has 236 valence electrons. The second-order valence-corrected chi connectivity index (χ2v) is 12.3. The van der Waals surface area contributed by atoms with Crippen molar-refractivity contribution in [1.29, 1.82) is 0 Å². The Bertz CT molecular complexity index is 1870. The second kappa shape index (κ2) is 13.5. The van der Waals surface area contributed by atoms with E-state index in [1.165, 1.54) is 0 Å². The summed E-state index contributed by atoms with van der Waals surface area (Å²) >= 11 is 0. The third kappa shape index (κ3) is 6.74. The number of para-hydroxylation sites is 1. The maximum Gasteiger partial charge on any atom is 0.318 e. The van der Waals surface area contributed by atoms with Crippen LogP contribution in [0.15, 0.2) is 97.2 Å². The third-order valence-electron chi connectivity index (χ3n) is 8.72. The highest BCUT2D eigenvalue weighted by molar-refractivity contribution is 6.00. The Morgan fingerprint density at radius 2 is 1.54 bits per heavy atom. The van der Waals surface area contributed by atoms with Crippen LogP contribution in [0.5, 0.6) is 0 Å². The van der Waals surface area contributed by atoms with Gasteiger partial charge in [0.15, 0.2) is 0 Å². The van der Waals surface area contributed by atoms with Gasteiger partial charge in [0, 0.05) is 67.0 Å². The van der Waals surface area contributed by atoms with Crippen molar-refractivity contribution in [1.82, 2.24) is 25.0 Å². The maximum atomic E-state index is 13.9. The predicted octanol–water partition coefficient (Wildman–Crippen LogP) is 5.66. The van der Waals surface area contributed by atoms with Crippen LogP contribution in [0.25, 0.3) is 21.7 Å². The molecule has 2 atom stereocenters. The van der Waals surface area contributed by atoms with Gasteiger partial charge in [-0.05, 0) is 66.3 Å². The molecule has 0 saturated carbocycles. The average molecular weight is 617 g/mol. The van der Waals surface area contributed by atoms with Crippen molar-refractivity contribution in [2.24, 2.45) is 0 Å². The molecule has 9 nitrogen and oxygen atoms in total. The zero-order valence-electron chi connectivity index (χ0n) is 26.5. The van der Waals surface area contributed by atoms with E-state index in [9.17, 15) is 14.4 Å². The van der Waals surface area contributed by atoms with E-state index < -0.39 is 6.04 Å². The molecule has 0 unspecified atom stereocenters. The zero-order chi connectivity index (χ0) is 32.2. The number of carbonyl (C=O) groups is 3. The number of nitrogens with one attached hydrogen (secondary N) is 3. The third-order valence-corrected chi connectivity index (χ3v) is 8.72. The number of rotatable bonds is 8. The number of amides is 4. The summed E-state index contributed by atoms with van der Waals surface area (Å²) in [6.07, 6.45) is 1.91. The average Bonchev–Trinajstić information content (AvgIpc) is 3.50. The highest BCUT2D eigenvalue weighted by Gasteiger charge is 2.33. The first kappa shape index (κ1) is 30.9. The molecule has 2 heterocycles. The lowest BCUT2D eigenvalue weighted by molar-refractivity contribution is -0.118. The molecule has 4 amide bonds. The molecule has 4 aromatic carbocycles. The van der Waals surface area contributed by atoms with Crippen LogP contribution in [0.4, 0.5) is 10.5 Å². The summed E-state index contributed by atoms with van der Waals surface area (Å²) in [6.45, 7) is 4.26. The van der Waals surface area contributed by atoms with Crippen molar-refractivity contribution in [3.05, 3.63) is 114 Å². The van der Waals surface area contributed by atoms with Gasteiger partial charge in [0.1, 0.15) is 6.04 Å². The van der Waals surface area contributed by atoms with E-state index in [1.54, 1.807) is 9.80 Å². The first-order valence-electron chi connectivity index (χ1n) is 15.7. The summed E-state index contributed by atoms with van der Waals surface area (Å²) in [7, 11) is 4.00. The van der Waals surface area contributed by atoms with Gasteiger partial charge >= 0.3 is 6.03 Å². The monoisotopic (exact) mass is 616 g/mol. The lowest BCUT2D eigenvalue weighted by Crippen LogP contribution is -2.57. The number of urea groups is 1. The van der Waals surface area contributed by atoms with Gasteiger partial charge in [-0.1, -0.05) is 67.6 Å². The van der Waals surface area contributed by atoms with Crippen molar-refractivity contribution in [2.45, 2.75) is 25.4 Å². The molecule has 3 N–H and O–H groups in total. The van der Waals surface area contributed by atoms with E-state index in [0.717, 1.165) is 39.3 Å². The van der Waals surface area contributed by atoms with Crippen LogP contribution >= 0.6 is 0 Å². The van der Waals surface area contributed by atoms with E-state index in [1.807, 2.05) is 118 Å². The van der Waals surface area contributed by atoms with Crippen LogP contribution in [-0.2, 0) is 11.3 Å². The van der Waals surface area contributed by atoms with Gasteiger partial charge < -0.3 is 30.3 Å². The number of aromatic nitrogens is 1. The van der Waals surface area contributed by atoms with Gasteiger partial charge in [0.25, 0.3) is 5.91 Å². The van der Waals surface area contributed by atoms with Crippen molar-refractivity contribution in [2.75, 3.05) is 45.6 Å². The van der Waals surface area contributed by atoms with E-state index in [4.69, 9.17) is 0 Å². The molecule has 6 rings (SSSR count). The molecule has 5 aromatic rings. The number of fused-ring (bicyclic) bond motifs is 2. The predicted molar refractivity (Wildman–Crippen MR) is 183 cm³/mol. The summed E-state index contributed by atoms with van der Waals surface area (Å²) in [5.41, 5.74) is 4.30.